The summed E-state index contributed by atoms with van der Waals surface area (Å²) in [5, 5.41) is 7.80. The number of carbonyl (C=O) groups excluding carboxylic acids is 3. The van der Waals surface area contributed by atoms with E-state index >= 15 is 0 Å². The van der Waals surface area contributed by atoms with Gasteiger partial charge in [0.05, 0.1) is 10.3 Å². The van der Waals surface area contributed by atoms with Gasteiger partial charge in [-0.2, -0.15) is 0 Å². The van der Waals surface area contributed by atoms with Crippen molar-refractivity contribution in [3.63, 3.8) is 0 Å². The van der Waals surface area contributed by atoms with E-state index in [1.807, 2.05) is 16.2 Å². The zero-order valence-electron chi connectivity index (χ0n) is 14.8. The number of alkyl carbamates (subject to hydrolysis) is 1. The van der Waals surface area contributed by atoms with Gasteiger partial charge in [0.15, 0.2) is 0 Å². The van der Waals surface area contributed by atoms with E-state index in [-0.39, 0.29) is 13.2 Å². The molecule has 9 heteroatoms. The fourth-order valence-corrected chi connectivity index (χ4v) is 3.49. The van der Waals surface area contributed by atoms with Gasteiger partial charge in [-0.25, -0.2) is 9.59 Å². The van der Waals surface area contributed by atoms with Crippen LogP contribution in [0.25, 0.3) is 0 Å². The summed E-state index contributed by atoms with van der Waals surface area (Å²) in [6, 6.07) is -0.442. The van der Waals surface area contributed by atoms with Crippen LogP contribution in [0.2, 0.25) is 0 Å². The van der Waals surface area contributed by atoms with Gasteiger partial charge in [-0.3, -0.25) is 10.1 Å². The van der Waals surface area contributed by atoms with E-state index in [9.17, 15) is 14.4 Å². The van der Waals surface area contributed by atoms with Crippen molar-refractivity contribution in [1.82, 2.24) is 16.0 Å². The summed E-state index contributed by atoms with van der Waals surface area (Å²) >= 11 is -0.514. The monoisotopic (exact) mass is 465 g/mol. The molecule has 0 spiro atoms. The van der Waals surface area contributed by atoms with Crippen LogP contribution < -0.4 is 16.0 Å². The highest BCUT2D eigenvalue weighted by molar-refractivity contribution is 14.2. The first kappa shape index (κ1) is 21.1. The third-order valence-electron chi connectivity index (χ3n) is 2.53. The minimum atomic E-state index is -0.539. The van der Waals surface area contributed by atoms with Crippen molar-refractivity contribution in [2.45, 2.75) is 33.3 Å². The van der Waals surface area contributed by atoms with E-state index in [1.54, 1.807) is 27.7 Å². The molecule has 1 heterocycles. The number of hydrogen-bond donors (Lipinski definition) is 3. The lowest BCUT2D eigenvalue weighted by atomic mass is 10.2. The summed E-state index contributed by atoms with van der Waals surface area (Å²) in [4.78, 5) is 34.4. The lowest BCUT2D eigenvalue weighted by Gasteiger charge is -2.20. The lowest BCUT2D eigenvalue weighted by Crippen LogP contribution is -2.39. The molecule has 0 bridgehead atoms. The van der Waals surface area contributed by atoms with Crippen molar-refractivity contribution in [2.24, 2.45) is 0 Å². The molecule has 0 aromatic heterocycles. The highest BCUT2D eigenvalue weighted by Gasteiger charge is 2.16. The summed E-state index contributed by atoms with van der Waals surface area (Å²) in [5.74, 6) is -0.479. The zero-order chi connectivity index (χ0) is 18.9. The minimum Gasteiger partial charge on any atom is -0.465 e. The Bertz CT molecular complexity index is 605. The normalized spacial score (nSPS) is 13.6. The Morgan fingerprint density at radius 1 is 1.16 bits per heavy atom. The van der Waals surface area contributed by atoms with Gasteiger partial charge in [0, 0.05) is 6.54 Å². The van der Waals surface area contributed by atoms with Crippen LogP contribution >= 0.6 is 20.7 Å². The van der Waals surface area contributed by atoms with Crippen LogP contribution in [0.4, 0.5) is 9.59 Å². The van der Waals surface area contributed by atoms with E-state index in [2.05, 4.69) is 16.0 Å². The van der Waals surface area contributed by atoms with Crippen molar-refractivity contribution in [3.8, 4) is 0 Å². The third-order valence-corrected chi connectivity index (χ3v) is 4.94. The van der Waals surface area contributed by atoms with Gasteiger partial charge < -0.3 is 20.1 Å². The maximum Gasteiger partial charge on any atom is 0.412 e. The molecule has 8 nitrogen and oxygen atoms in total. The Kier molecular flexibility index (Phi) is 8.59. The second-order valence-corrected chi connectivity index (χ2v) is 8.35. The predicted molar refractivity (Wildman–Crippen MR) is 104 cm³/mol. The number of carbonyl (C=O) groups is 3. The molecule has 0 aromatic carbocycles. The smallest absolute Gasteiger partial charge is 0.412 e. The summed E-state index contributed by atoms with van der Waals surface area (Å²) in [7, 11) is 0. The van der Waals surface area contributed by atoms with Gasteiger partial charge in [-0.05, 0) is 43.4 Å². The second-order valence-electron chi connectivity index (χ2n) is 5.94. The Hall–Kier alpha value is -1.91. The summed E-state index contributed by atoms with van der Waals surface area (Å²) in [5.41, 5.74) is 0.400. The molecule has 0 aliphatic carbocycles. The molecule has 0 radical (unpaired) electrons. The highest BCUT2D eigenvalue weighted by atomic mass is 127. The molecular weight excluding hydrogens is 441 g/mol. The first-order valence-corrected chi connectivity index (χ1v) is 10.1. The number of esters is 1. The third kappa shape index (κ3) is 9.85. The van der Waals surface area contributed by atoms with Crippen LogP contribution in [0.5, 0.6) is 0 Å². The number of rotatable bonds is 6. The Morgan fingerprint density at radius 3 is 2.44 bits per heavy atom. The van der Waals surface area contributed by atoms with E-state index < -0.39 is 44.4 Å². The molecule has 1 aliphatic heterocycles. The average molecular weight is 465 g/mol. The number of amides is 3. The minimum absolute atomic E-state index is 0.167. The number of hydrogen-bond acceptors (Lipinski definition) is 5. The molecule has 1 rings (SSSR count). The standard InChI is InChI=1S/C16H24IN3O5/c1-5-24-13(21)10-19-14(22)18-9-11-6-7-12(17-8-11)20-15(23)25-16(2,3)4/h6-8H,5,9-10H2,1-4H3,(H,20,23)(H2,18,19,22). The van der Waals surface area contributed by atoms with Gasteiger partial charge >= 0.3 is 18.1 Å². The van der Waals surface area contributed by atoms with Crippen molar-refractivity contribution in [3.05, 3.63) is 21.4 Å². The zero-order valence-corrected chi connectivity index (χ0v) is 16.9. The Labute approximate surface area is 157 Å². The number of halogens is 1. The first-order chi connectivity index (χ1) is 11.7. The van der Waals surface area contributed by atoms with Crippen LogP contribution in [0.15, 0.2) is 21.4 Å². The van der Waals surface area contributed by atoms with Crippen LogP contribution in [0.3, 0.4) is 0 Å². The highest BCUT2D eigenvalue weighted by Crippen LogP contribution is 2.18. The Balaban J connectivity index is 2.36. The number of nitrogens with one attached hydrogen (secondary N) is 3. The molecule has 0 fully saturated rings. The molecule has 0 saturated heterocycles. The molecule has 0 saturated carbocycles. The molecule has 3 amide bonds. The van der Waals surface area contributed by atoms with E-state index in [0.29, 0.717) is 6.54 Å². The average Bonchev–Trinajstić information content (AvgIpc) is 2.50. The number of ether oxygens (including phenoxy) is 2. The molecule has 0 aromatic rings. The molecule has 3 N–H and O–H groups in total. The second kappa shape index (κ2) is 10.2. The summed E-state index contributed by atoms with van der Waals surface area (Å²) in [6.07, 6.45) is 3.16. The van der Waals surface area contributed by atoms with E-state index in [4.69, 9.17) is 9.47 Å². The van der Waals surface area contributed by atoms with E-state index in [0.717, 1.165) is 9.28 Å². The quantitative estimate of drug-likeness (QED) is 0.316. The molecule has 25 heavy (non-hydrogen) atoms. The molecule has 140 valence electrons. The van der Waals surface area contributed by atoms with Gasteiger partial charge in [0.1, 0.15) is 12.1 Å². The van der Waals surface area contributed by atoms with Gasteiger partial charge in [-0.1, -0.05) is 26.8 Å². The summed E-state index contributed by atoms with van der Waals surface area (Å²) < 4.78 is 12.7. The van der Waals surface area contributed by atoms with Crippen molar-refractivity contribution in [2.75, 3.05) is 19.7 Å². The lowest BCUT2D eigenvalue weighted by molar-refractivity contribution is -0.141. The topological polar surface area (TPSA) is 106 Å². The van der Waals surface area contributed by atoms with Crippen molar-refractivity contribution < 1.29 is 23.9 Å². The Morgan fingerprint density at radius 2 is 1.88 bits per heavy atom. The van der Waals surface area contributed by atoms with Crippen molar-refractivity contribution in [1.29, 1.82) is 0 Å². The summed E-state index contributed by atoms with van der Waals surface area (Å²) in [6.45, 7) is 7.56. The molecular formula is C16H24IN3O5. The SMILES string of the molecule is CCOC(=O)CNC(=O)NCC1=CC=C(NC(=O)OC(C)(C)C)I=C1. The number of urea groups is 1. The van der Waals surface area contributed by atoms with Gasteiger partial charge in [0.25, 0.3) is 0 Å². The van der Waals surface area contributed by atoms with Crippen LogP contribution in [0.1, 0.15) is 27.7 Å². The van der Waals surface area contributed by atoms with E-state index in [1.165, 1.54) is 0 Å². The predicted octanol–water partition coefficient (Wildman–Crippen LogP) is 1.93. The molecule has 1 aliphatic rings. The van der Waals surface area contributed by atoms with Crippen LogP contribution in [0, 0.1) is 0 Å². The maximum atomic E-state index is 11.7. The van der Waals surface area contributed by atoms with Crippen molar-refractivity contribution >= 4 is 42.8 Å². The number of allylic oxidation sites excluding steroid dienone is 2. The van der Waals surface area contributed by atoms with Crippen LogP contribution in [-0.2, 0) is 14.3 Å². The van der Waals surface area contributed by atoms with Crippen LogP contribution in [-0.4, -0.2) is 47.4 Å². The maximum absolute atomic E-state index is 11.7. The van der Waals surface area contributed by atoms with Gasteiger partial charge in [-0.15, -0.1) is 0 Å². The fraction of sp³-hybridized carbons (Fsp3) is 0.500. The van der Waals surface area contributed by atoms with Gasteiger partial charge in [0.2, 0.25) is 0 Å². The fourth-order valence-electron chi connectivity index (χ4n) is 1.56. The molecule has 0 atom stereocenters. The first-order valence-electron chi connectivity index (χ1n) is 7.74. The molecule has 0 unspecified atom stereocenters. The largest absolute Gasteiger partial charge is 0.465 e.